The van der Waals surface area contributed by atoms with Crippen LogP contribution in [0.2, 0.25) is 0 Å². The number of rotatable bonds is 6. The SMILES string of the molecule is O=C(CNC(=O)c1ccsc1)NC(C1CC1)C1CC1. The molecule has 0 aliphatic heterocycles. The first-order valence-corrected chi connectivity index (χ1v) is 7.78. The number of carbonyl (C=O) groups excluding carboxylic acids is 2. The highest BCUT2D eigenvalue weighted by molar-refractivity contribution is 7.08. The van der Waals surface area contributed by atoms with E-state index in [1.165, 1.54) is 37.0 Å². The van der Waals surface area contributed by atoms with Gasteiger partial charge in [-0.25, -0.2) is 0 Å². The Hall–Kier alpha value is -1.36. The first-order chi connectivity index (χ1) is 9.24. The highest BCUT2D eigenvalue weighted by atomic mass is 32.1. The van der Waals surface area contributed by atoms with Gasteiger partial charge in [0.25, 0.3) is 5.91 Å². The van der Waals surface area contributed by atoms with Crippen LogP contribution < -0.4 is 10.6 Å². The quantitative estimate of drug-likeness (QED) is 0.833. The van der Waals surface area contributed by atoms with Gasteiger partial charge in [-0.05, 0) is 49.0 Å². The molecule has 1 aromatic rings. The lowest BCUT2D eigenvalue weighted by molar-refractivity contribution is -0.121. The Balaban J connectivity index is 1.44. The van der Waals surface area contributed by atoms with Crippen LogP contribution in [0.3, 0.4) is 0 Å². The molecule has 102 valence electrons. The summed E-state index contributed by atoms with van der Waals surface area (Å²) in [7, 11) is 0. The number of thiophene rings is 1. The smallest absolute Gasteiger partial charge is 0.252 e. The van der Waals surface area contributed by atoms with Gasteiger partial charge in [-0.15, -0.1) is 0 Å². The second-order valence-corrected chi connectivity index (χ2v) is 6.24. The second-order valence-electron chi connectivity index (χ2n) is 5.46. The fraction of sp³-hybridized carbons (Fsp3) is 0.571. The van der Waals surface area contributed by atoms with Gasteiger partial charge >= 0.3 is 0 Å². The van der Waals surface area contributed by atoms with Crippen molar-refractivity contribution in [1.82, 2.24) is 10.6 Å². The van der Waals surface area contributed by atoms with E-state index in [1.54, 1.807) is 11.4 Å². The number of nitrogens with one attached hydrogen (secondary N) is 2. The van der Waals surface area contributed by atoms with E-state index in [0.29, 0.717) is 23.4 Å². The van der Waals surface area contributed by atoms with E-state index < -0.39 is 0 Å². The van der Waals surface area contributed by atoms with Crippen LogP contribution in [-0.4, -0.2) is 24.4 Å². The first kappa shape index (κ1) is 12.7. The van der Waals surface area contributed by atoms with Crippen molar-refractivity contribution in [2.24, 2.45) is 11.8 Å². The van der Waals surface area contributed by atoms with Crippen molar-refractivity contribution in [1.29, 1.82) is 0 Å². The number of hydrogen-bond donors (Lipinski definition) is 2. The van der Waals surface area contributed by atoms with Crippen LogP contribution >= 0.6 is 11.3 Å². The molecule has 0 radical (unpaired) electrons. The maximum absolute atomic E-state index is 11.9. The molecular formula is C14H18N2O2S. The molecule has 4 nitrogen and oxygen atoms in total. The lowest BCUT2D eigenvalue weighted by Gasteiger charge is -2.17. The minimum absolute atomic E-state index is 0.0626. The Kier molecular flexibility index (Phi) is 3.55. The average Bonchev–Trinajstić information content (AvgIpc) is 3.33. The van der Waals surface area contributed by atoms with Crippen LogP contribution in [0, 0.1) is 11.8 Å². The minimum atomic E-state index is -0.175. The lowest BCUT2D eigenvalue weighted by atomic mass is 10.1. The molecule has 19 heavy (non-hydrogen) atoms. The third-order valence-corrected chi connectivity index (χ3v) is 4.46. The molecule has 2 saturated carbocycles. The Morgan fingerprint density at radius 2 is 1.95 bits per heavy atom. The zero-order chi connectivity index (χ0) is 13.2. The Labute approximate surface area is 116 Å². The highest BCUT2D eigenvalue weighted by Gasteiger charge is 2.42. The summed E-state index contributed by atoms with van der Waals surface area (Å²) in [5, 5.41) is 9.39. The topological polar surface area (TPSA) is 58.2 Å². The summed E-state index contributed by atoms with van der Waals surface area (Å²) in [6, 6.07) is 2.11. The fourth-order valence-corrected chi connectivity index (χ4v) is 3.06. The number of amides is 2. The van der Waals surface area contributed by atoms with Gasteiger partial charge in [-0.1, -0.05) is 0 Å². The predicted octanol–water partition coefficient (Wildman–Crippen LogP) is 1.78. The van der Waals surface area contributed by atoms with Crippen molar-refractivity contribution in [2.45, 2.75) is 31.7 Å². The number of hydrogen-bond acceptors (Lipinski definition) is 3. The summed E-state index contributed by atoms with van der Waals surface area (Å²) in [5.41, 5.74) is 0.624. The molecule has 3 rings (SSSR count). The van der Waals surface area contributed by atoms with Crippen LogP contribution in [0.1, 0.15) is 36.0 Å². The molecule has 2 aliphatic carbocycles. The largest absolute Gasteiger partial charge is 0.351 e. The normalized spacial score (nSPS) is 18.4. The summed E-state index contributed by atoms with van der Waals surface area (Å²) in [6.07, 6.45) is 4.96. The molecule has 2 amide bonds. The van der Waals surface area contributed by atoms with E-state index in [2.05, 4.69) is 10.6 Å². The molecule has 0 unspecified atom stereocenters. The van der Waals surface area contributed by atoms with E-state index in [9.17, 15) is 9.59 Å². The molecule has 2 N–H and O–H groups in total. The van der Waals surface area contributed by atoms with Gasteiger partial charge in [0.1, 0.15) is 0 Å². The van der Waals surface area contributed by atoms with E-state index in [1.807, 2.05) is 5.38 Å². The zero-order valence-electron chi connectivity index (χ0n) is 10.7. The summed E-state index contributed by atoms with van der Waals surface area (Å²) >= 11 is 1.48. The molecule has 2 aliphatic rings. The molecule has 1 heterocycles. The van der Waals surface area contributed by atoms with Crippen molar-refractivity contribution < 1.29 is 9.59 Å². The summed E-state index contributed by atoms with van der Waals surface area (Å²) in [6.45, 7) is 0.0740. The third-order valence-electron chi connectivity index (χ3n) is 3.78. The van der Waals surface area contributed by atoms with Gasteiger partial charge in [0.15, 0.2) is 0 Å². The maximum Gasteiger partial charge on any atom is 0.252 e. The van der Waals surface area contributed by atoms with E-state index in [-0.39, 0.29) is 18.4 Å². The van der Waals surface area contributed by atoms with Crippen LogP contribution in [-0.2, 0) is 4.79 Å². The molecule has 0 bridgehead atoms. The second kappa shape index (κ2) is 5.33. The van der Waals surface area contributed by atoms with Crippen molar-refractivity contribution in [2.75, 3.05) is 6.54 Å². The molecule has 0 atom stereocenters. The van der Waals surface area contributed by atoms with E-state index in [4.69, 9.17) is 0 Å². The number of carbonyl (C=O) groups is 2. The van der Waals surface area contributed by atoms with Gasteiger partial charge in [-0.2, -0.15) is 11.3 Å². The molecule has 0 spiro atoms. The van der Waals surface area contributed by atoms with Crippen molar-refractivity contribution in [3.63, 3.8) is 0 Å². The summed E-state index contributed by atoms with van der Waals surface area (Å²) < 4.78 is 0. The molecule has 0 saturated heterocycles. The fourth-order valence-electron chi connectivity index (χ4n) is 2.42. The van der Waals surface area contributed by atoms with Gasteiger partial charge in [0.2, 0.25) is 5.91 Å². The van der Waals surface area contributed by atoms with Crippen molar-refractivity contribution in [3.8, 4) is 0 Å². The summed E-state index contributed by atoms with van der Waals surface area (Å²) in [5.74, 6) is 1.13. The van der Waals surface area contributed by atoms with Gasteiger partial charge in [0, 0.05) is 17.0 Å². The maximum atomic E-state index is 11.9. The Morgan fingerprint density at radius 3 is 2.47 bits per heavy atom. The standard InChI is InChI=1S/C14H18N2O2S/c17-12(7-15-14(18)11-5-6-19-8-11)16-13(9-1-2-9)10-3-4-10/h5-6,8-10,13H,1-4,7H2,(H,15,18)(H,16,17). The molecule has 2 fully saturated rings. The van der Waals surface area contributed by atoms with Crippen LogP contribution in [0.5, 0.6) is 0 Å². The first-order valence-electron chi connectivity index (χ1n) is 6.84. The van der Waals surface area contributed by atoms with Crippen LogP contribution in [0.25, 0.3) is 0 Å². The van der Waals surface area contributed by atoms with Crippen molar-refractivity contribution in [3.05, 3.63) is 22.4 Å². The van der Waals surface area contributed by atoms with E-state index >= 15 is 0 Å². The van der Waals surface area contributed by atoms with E-state index in [0.717, 1.165) is 0 Å². The molecule has 0 aromatic carbocycles. The van der Waals surface area contributed by atoms with Gasteiger partial charge in [-0.3, -0.25) is 9.59 Å². The van der Waals surface area contributed by atoms with Gasteiger partial charge in [0.05, 0.1) is 6.54 Å². The van der Waals surface area contributed by atoms with Gasteiger partial charge < -0.3 is 10.6 Å². The molecular weight excluding hydrogens is 260 g/mol. The Bertz CT molecular complexity index is 452. The van der Waals surface area contributed by atoms with Crippen molar-refractivity contribution >= 4 is 23.2 Å². The zero-order valence-corrected chi connectivity index (χ0v) is 11.5. The molecule has 5 heteroatoms. The third kappa shape index (κ3) is 3.35. The predicted molar refractivity (Wildman–Crippen MR) is 74.0 cm³/mol. The highest BCUT2D eigenvalue weighted by Crippen LogP contribution is 2.44. The monoisotopic (exact) mass is 278 g/mol. The molecule has 1 aromatic heterocycles. The lowest BCUT2D eigenvalue weighted by Crippen LogP contribution is -2.43. The van der Waals surface area contributed by atoms with Crippen LogP contribution in [0.4, 0.5) is 0 Å². The van der Waals surface area contributed by atoms with Crippen LogP contribution in [0.15, 0.2) is 16.8 Å². The minimum Gasteiger partial charge on any atom is -0.351 e. The Morgan fingerprint density at radius 1 is 1.26 bits per heavy atom. The average molecular weight is 278 g/mol. The summed E-state index contributed by atoms with van der Waals surface area (Å²) in [4.78, 5) is 23.6.